The van der Waals surface area contributed by atoms with Crippen molar-refractivity contribution < 1.29 is 68.2 Å². The summed E-state index contributed by atoms with van der Waals surface area (Å²) >= 11 is 0. The number of hydrogen-bond donors (Lipinski definition) is 0. The Morgan fingerprint density at radius 2 is 1.47 bits per heavy atom. The Bertz CT molecular complexity index is 326. The molecule has 0 atom stereocenters. The van der Waals surface area contributed by atoms with Crippen LogP contribution in [0.4, 0.5) is 0 Å². The smallest absolute Gasteiger partial charge is 1.00 e. The first-order valence-electron chi connectivity index (χ1n) is 3.48. The number of rotatable bonds is 0. The van der Waals surface area contributed by atoms with E-state index in [0.29, 0.717) is 0 Å². The Labute approximate surface area is 127 Å². The second kappa shape index (κ2) is 11.1. The van der Waals surface area contributed by atoms with Crippen LogP contribution in [0, 0.1) is 6.92 Å². The summed E-state index contributed by atoms with van der Waals surface area (Å²) < 4.78 is 0. The molecule has 0 bridgehead atoms. The molecule has 0 spiro atoms. The largest absolute Gasteiger partial charge is 4.00 e. The minimum absolute atomic E-state index is 0. The Balaban J connectivity index is -0.000000121. The summed E-state index contributed by atoms with van der Waals surface area (Å²) in [6, 6.07) is 12.8. The second-order valence-corrected chi connectivity index (χ2v) is 2.66. The van der Waals surface area contributed by atoms with Gasteiger partial charge in [0.15, 0.2) is 0 Å². The maximum absolute atomic E-state index is 2.20. The van der Waals surface area contributed by atoms with Gasteiger partial charge in [0.2, 0.25) is 0 Å². The van der Waals surface area contributed by atoms with E-state index in [1.54, 1.807) is 0 Å². The van der Waals surface area contributed by atoms with Crippen molar-refractivity contribution in [1.82, 2.24) is 0 Å². The molecule has 0 aliphatic carbocycles. The molecule has 0 aromatic heterocycles. The third kappa shape index (κ3) is 6.01. The molecule has 2 rings (SSSR count). The van der Waals surface area contributed by atoms with Gasteiger partial charge in [0.1, 0.15) is 0 Å². The van der Waals surface area contributed by atoms with Gasteiger partial charge in [-0.3, -0.25) is 0 Å². The van der Waals surface area contributed by atoms with Crippen LogP contribution in [-0.4, -0.2) is 0 Å². The van der Waals surface area contributed by atoms with Gasteiger partial charge in [-0.2, -0.15) is 6.07 Å². The van der Waals surface area contributed by atoms with Crippen molar-refractivity contribution in [2.75, 3.05) is 0 Å². The zero-order chi connectivity index (χ0) is 6.97. The van der Waals surface area contributed by atoms with Crippen LogP contribution in [0.1, 0.15) is 5.56 Å². The number of hydrogen-bond acceptors (Lipinski definition) is 0. The molecule has 0 heterocycles. The molecular formula is C10H9Cl4V-. The predicted octanol–water partition coefficient (Wildman–Crippen LogP) is -9.12. The summed E-state index contributed by atoms with van der Waals surface area (Å²) in [5.74, 6) is 0. The van der Waals surface area contributed by atoms with Gasteiger partial charge in [0.25, 0.3) is 0 Å². The van der Waals surface area contributed by atoms with Crippen LogP contribution >= 0.6 is 0 Å². The minimum Gasteiger partial charge on any atom is -1.00 e. The monoisotopic (exact) mass is 320 g/mol. The average Bonchev–Trinajstić information content (AvgIpc) is 2.27. The van der Waals surface area contributed by atoms with Crippen molar-refractivity contribution in [3.05, 3.63) is 42.0 Å². The molecular weight excluding hydrogens is 313 g/mol. The van der Waals surface area contributed by atoms with Crippen LogP contribution < -0.4 is 49.6 Å². The normalized spacial score (nSPS) is 7.00. The van der Waals surface area contributed by atoms with E-state index in [0.717, 1.165) is 0 Å². The molecule has 0 aliphatic rings. The fourth-order valence-corrected chi connectivity index (χ4v) is 1.31. The standard InChI is InChI=1S/C10H9.4ClH.V/c1-8-6-9-4-2-3-5-10(9)7-8;;;;;/h2-7H,1H3;4*1H;/q-1;;;;;+4/p-4. The van der Waals surface area contributed by atoms with Gasteiger partial charge >= 0.3 is 18.6 Å². The zero-order valence-electron chi connectivity index (χ0n) is 7.92. The Hall–Kier alpha value is 0.574. The van der Waals surface area contributed by atoms with Crippen molar-refractivity contribution in [2.24, 2.45) is 0 Å². The van der Waals surface area contributed by atoms with Crippen LogP contribution in [0.5, 0.6) is 0 Å². The number of benzene rings is 1. The van der Waals surface area contributed by atoms with E-state index < -0.39 is 0 Å². The summed E-state index contributed by atoms with van der Waals surface area (Å²) in [6.07, 6.45) is 0. The molecule has 0 nitrogen and oxygen atoms in total. The molecule has 0 N–H and O–H groups in total. The molecule has 1 radical (unpaired) electrons. The molecule has 0 unspecified atom stereocenters. The van der Waals surface area contributed by atoms with Crippen LogP contribution in [0.2, 0.25) is 0 Å². The molecule has 0 saturated carbocycles. The van der Waals surface area contributed by atoms with Crippen LogP contribution in [0.3, 0.4) is 0 Å². The first-order valence-corrected chi connectivity index (χ1v) is 3.48. The van der Waals surface area contributed by atoms with Crippen LogP contribution in [-0.2, 0) is 18.6 Å². The van der Waals surface area contributed by atoms with E-state index >= 15 is 0 Å². The van der Waals surface area contributed by atoms with E-state index in [9.17, 15) is 0 Å². The Kier molecular flexibility index (Phi) is 18.2. The topological polar surface area (TPSA) is 0 Å². The summed E-state index contributed by atoms with van der Waals surface area (Å²) in [5, 5.41) is 2.69. The van der Waals surface area contributed by atoms with Gasteiger partial charge in [0.05, 0.1) is 0 Å². The minimum atomic E-state index is 0. The SMILES string of the molecule is Cc1cc2ccccc2[cH-]1.[Cl-].[Cl-].[Cl-].[Cl-].[V+4]. The van der Waals surface area contributed by atoms with Crippen LogP contribution in [0.25, 0.3) is 10.8 Å². The summed E-state index contributed by atoms with van der Waals surface area (Å²) in [7, 11) is 0. The Morgan fingerprint density at radius 1 is 0.933 bits per heavy atom. The molecule has 83 valence electrons. The van der Waals surface area contributed by atoms with E-state index in [1.807, 2.05) is 0 Å². The van der Waals surface area contributed by atoms with Gasteiger partial charge < -0.3 is 49.6 Å². The molecule has 0 saturated heterocycles. The van der Waals surface area contributed by atoms with Crippen LogP contribution in [0.15, 0.2) is 36.4 Å². The summed E-state index contributed by atoms with van der Waals surface area (Å²) in [4.78, 5) is 0. The quantitative estimate of drug-likeness (QED) is 0.423. The molecule has 5 heteroatoms. The Morgan fingerprint density at radius 3 is 2.00 bits per heavy atom. The molecule has 15 heavy (non-hydrogen) atoms. The molecule has 0 aliphatic heterocycles. The van der Waals surface area contributed by atoms with Gasteiger partial charge in [-0.15, -0.1) is 40.6 Å². The first-order chi connectivity index (χ1) is 4.86. The maximum atomic E-state index is 2.20. The first kappa shape index (κ1) is 24.7. The number of halogens is 4. The van der Waals surface area contributed by atoms with E-state index in [2.05, 4.69) is 43.3 Å². The average molecular weight is 322 g/mol. The van der Waals surface area contributed by atoms with Crippen molar-refractivity contribution >= 4 is 10.8 Å². The van der Waals surface area contributed by atoms with Crippen molar-refractivity contribution in [1.29, 1.82) is 0 Å². The number of fused-ring (bicyclic) bond motifs is 1. The van der Waals surface area contributed by atoms with E-state index in [1.165, 1.54) is 16.3 Å². The molecule has 0 amide bonds. The predicted molar refractivity (Wildman–Crippen MR) is 44.3 cm³/mol. The fraction of sp³-hybridized carbons (Fsp3) is 0.100. The number of aryl methyl sites for hydroxylation is 1. The van der Waals surface area contributed by atoms with Crippen molar-refractivity contribution in [2.45, 2.75) is 6.92 Å². The van der Waals surface area contributed by atoms with Gasteiger partial charge in [-0.05, 0) is 0 Å². The van der Waals surface area contributed by atoms with Gasteiger partial charge in [-0.25, -0.2) is 0 Å². The van der Waals surface area contributed by atoms with Crippen molar-refractivity contribution in [3.8, 4) is 0 Å². The molecule has 2 aromatic rings. The van der Waals surface area contributed by atoms with E-state index in [4.69, 9.17) is 0 Å². The van der Waals surface area contributed by atoms with Crippen molar-refractivity contribution in [3.63, 3.8) is 0 Å². The van der Waals surface area contributed by atoms with Gasteiger partial charge in [0, 0.05) is 0 Å². The van der Waals surface area contributed by atoms with E-state index in [-0.39, 0.29) is 68.2 Å². The maximum Gasteiger partial charge on any atom is 4.00 e. The third-order valence-electron chi connectivity index (χ3n) is 1.76. The molecule has 2 aromatic carbocycles. The third-order valence-corrected chi connectivity index (χ3v) is 1.76. The zero-order valence-corrected chi connectivity index (χ0v) is 12.3. The van der Waals surface area contributed by atoms with Gasteiger partial charge in [-0.1, -0.05) is 13.0 Å². The molecule has 0 fully saturated rings. The fourth-order valence-electron chi connectivity index (χ4n) is 1.31. The summed E-state index contributed by atoms with van der Waals surface area (Å²) in [6.45, 7) is 2.12. The summed E-state index contributed by atoms with van der Waals surface area (Å²) in [5.41, 5.74) is 1.35. The second-order valence-electron chi connectivity index (χ2n) is 2.66.